The van der Waals surface area contributed by atoms with Gasteiger partial charge >= 0.3 is 0 Å². The quantitative estimate of drug-likeness (QED) is 0.795. The normalized spacial score (nSPS) is 17.2. The number of sulfone groups is 1. The minimum absolute atomic E-state index is 0.140. The van der Waals surface area contributed by atoms with Crippen LogP contribution in [0.25, 0.3) is 0 Å². The van der Waals surface area contributed by atoms with E-state index in [1.165, 1.54) is 0 Å². The third-order valence-electron chi connectivity index (χ3n) is 4.63. The number of hydrogen-bond donors (Lipinski definition) is 0. The first-order valence-electron chi connectivity index (χ1n) is 8.80. The molecule has 3 rings (SSSR count). The van der Waals surface area contributed by atoms with Crippen LogP contribution in [-0.4, -0.2) is 23.0 Å². The van der Waals surface area contributed by atoms with Crippen LogP contribution < -0.4 is 0 Å². The zero-order valence-corrected chi connectivity index (χ0v) is 16.6. The highest BCUT2D eigenvalue weighted by atomic mass is 32.2. The Labute approximate surface area is 149 Å². The van der Waals surface area contributed by atoms with E-state index in [2.05, 4.69) is 23.8 Å². The van der Waals surface area contributed by atoms with Crippen molar-refractivity contribution in [3.63, 3.8) is 0 Å². The van der Waals surface area contributed by atoms with Crippen LogP contribution in [0.1, 0.15) is 88.9 Å². The van der Waals surface area contributed by atoms with E-state index in [4.69, 9.17) is 4.42 Å². The minimum Gasteiger partial charge on any atom is -0.444 e. The van der Waals surface area contributed by atoms with Crippen molar-refractivity contribution in [2.45, 2.75) is 82.2 Å². The van der Waals surface area contributed by atoms with Gasteiger partial charge < -0.3 is 8.98 Å². The van der Waals surface area contributed by atoms with Crippen molar-refractivity contribution < 1.29 is 12.8 Å². The molecule has 0 aromatic carbocycles. The van der Waals surface area contributed by atoms with Crippen LogP contribution in [-0.2, 0) is 15.3 Å². The van der Waals surface area contributed by atoms with Crippen LogP contribution >= 0.6 is 0 Å². The number of nitrogens with zero attached hydrogens (tertiary/aromatic N) is 3. The number of imidazole rings is 1. The summed E-state index contributed by atoms with van der Waals surface area (Å²) in [5, 5.41) is -0.731. The molecule has 0 bridgehead atoms. The lowest BCUT2D eigenvalue weighted by Crippen LogP contribution is -2.18. The zero-order chi connectivity index (χ0) is 18.6. The Bertz CT molecular complexity index is 868. The van der Waals surface area contributed by atoms with E-state index in [1.54, 1.807) is 19.3 Å². The molecule has 6 nitrogen and oxygen atoms in total. The van der Waals surface area contributed by atoms with Gasteiger partial charge in [-0.15, -0.1) is 0 Å². The first kappa shape index (κ1) is 18.2. The third-order valence-corrected chi connectivity index (χ3v) is 6.57. The largest absolute Gasteiger partial charge is 0.444 e. The summed E-state index contributed by atoms with van der Waals surface area (Å²) in [6.45, 7) is 11.7. The van der Waals surface area contributed by atoms with Crippen molar-refractivity contribution in [1.82, 2.24) is 14.5 Å². The number of hydrogen-bond acceptors (Lipinski definition) is 5. The van der Waals surface area contributed by atoms with Crippen molar-refractivity contribution in [2.75, 3.05) is 0 Å². The lowest BCUT2D eigenvalue weighted by atomic mass is 9.94. The molecule has 1 atom stereocenters. The number of oxazole rings is 1. The van der Waals surface area contributed by atoms with Crippen molar-refractivity contribution in [1.29, 1.82) is 0 Å². The number of rotatable bonds is 5. The van der Waals surface area contributed by atoms with Gasteiger partial charge in [0, 0.05) is 23.3 Å². The van der Waals surface area contributed by atoms with Crippen molar-refractivity contribution >= 4 is 9.84 Å². The molecule has 0 aliphatic heterocycles. The van der Waals surface area contributed by atoms with Crippen LogP contribution in [0.15, 0.2) is 22.0 Å². The van der Waals surface area contributed by atoms with Gasteiger partial charge in [0.2, 0.25) is 20.9 Å². The highest BCUT2D eigenvalue weighted by Gasteiger charge is 2.38. The second kappa shape index (κ2) is 5.97. The molecule has 1 unspecified atom stereocenters. The maximum absolute atomic E-state index is 13.2. The van der Waals surface area contributed by atoms with Crippen LogP contribution in [0.4, 0.5) is 0 Å². The first-order valence-corrected chi connectivity index (χ1v) is 10.3. The Morgan fingerprint density at radius 2 is 1.80 bits per heavy atom. The Hall–Kier alpha value is -1.63. The molecule has 138 valence electrons. The molecule has 0 radical (unpaired) electrons. The molecule has 1 aliphatic rings. The fourth-order valence-electron chi connectivity index (χ4n) is 2.81. The molecule has 2 aromatic rings. The zero-order valence-electron chi connectivity index (χ0n) is 15.8. The summed E-state index contributed by atoms with van der Waals surface area (Å²) in [5.41, 5.74) is 0.752. The van der Waals surface area contributed by atoms with E-state index in [0.29, 0.717) is 5.76 Å². The highest BCUT2D eigenvalue weighted by Crippen LogP contribution is 2.41. The smallest absolute Gasteiger partial charge is 0.228 e. The summed E-state index contributed by atoms with van der Waals surface area (Å²) in [7, 11) is -3.68. The first-order chi connectivity index (χ1) is 11.5. The molecule has 0 saturated heterocycles. The lowest BCUT2D eigenvalue weighted by molar-refractivity contribution is 0.380. The predicted octanol–water partition coefficient (Wildman–Crippen LogP) is 4.16. The molecule has 0 N–H and O–H groups in total. The van der Waals surface area contributed by atoms with E-state index in [1.807, 2.05) is 25.3 Å². The molecule has 0 amide bonds. The van der Waals surface area contributed by atoms with Gasteiger partial charge in [-0.3, -0.25) is 0 Å². The minimum atomic E-state index is -3.68. The van der Waals surface area contributed by atoms with E-state index < -0.39 is 15.1 Å². The second-order valence-electron chi connectivity index (χ2n) is 8.22. The number of aromatic nitrogens is 3. The second-order valence-corrected chi connectivity index (χ2v) is 10.4. The summed E-state index contributed by atoms with van der Waals surface area (Å²) in [6, 6.07) is 0.242. The van der Waals surface area contributed by atoms with E-state index in [0.717, 1.165) is 18.5 Å². The van der Waals surface area contributed by atoms with Gasteiger partial charge in [-0.2, -0.15) is 0 Å². The van der Waals surface area contributed by atoms with E-state index in [-0.39, 0.29) is 28.4 Å². The van der Waals surface area contributed by atoms with Gasteiger partial charge in [0.25, 0.3) is 0 Å². The molecule has 1 saturated carbocycles. The average molecular weight is 365 g/mol. The molecule has 2 heterocycles. The van der Waals surface area contributed by atoms with E-state index >= 15 is 0 Å². The van der Waals surface area contributed by atoms with Crippen LogP contribution in [0.5, 0.6) is 0 Å². The van der Waals surface area contributed by atoms with E-state index in [9.17, 15) is 8.42 Å². The fourth-order valence-corrected chi connectivity index (χ4v) is 4.23. The molecule has 1 aliphatic carbocycles. The molecular formula is C18H27N3O3S. The molecule has 7 heteroatoms. The molecule has 25 heavy (non-hydrogen) atoms. The van der Waals surface area contributed by atoms with Crippen molar-refractivity contribution in [2.24, 2.45) is 0 Å². The standard InChI is InChI=1S/C18H27N3O3S/c1-11(2)14-9-20-17(21(14)13-7-8-13)25(22,23)12(3)16-19-10-15(24-16)18(4,5)6/h9-13H,7-8H2,1-6H3. The van der Waals surface area contributed by atoms with Gasteiger partial charge in [-0.1, -0.05) is 34.6 Å². The summed E-state index contributed by atoms with van der Waals surface area (Å²) in [5.74, 6) is 1.13. The maximum Gasteiger partial charge on any atom is 0.228 e. The highest BCUT2D eigenvalue weighted by molar-refractivity contribution is 7.91. The Balaban J connectivity index is 2.01. The Morgan fingerprint density at radius 3 is 2.28 bits per heavy atom. The Kier molecular flexibility index (Phi) is 4.34. The van der Waals surface area contributed by atoms with Gasteiger partial charge in [-0.25, -0.2) is 18.4 Å². The van der Waals surface area contributed by atoms with Crippen LogP contribution in [0, 0.1) is 0 Å². The summed E-state index contributed by atoms with van der Waals surface area (Å²) < 4.78 is 34.1. The monoisotopic (exact) mass is 365 g/mol. The van der Waals surface area contributed by atoms with Gasteiger partial charge in [0.1, 0.15) is 11.0 Å². The summed E-state index contributed by atoms with van der Waals surface area (Å²) >= 11 is 0. The maximum atomic E-state index is 13.2. The summed E-state index contributed by atoms with van der Waals surface area (Å²) in [6.07, 6.45) is 5.31. The summed E-state index contributed by atoms with van der Waals surface area (Å²) in [4.78, 5) is 8.50. The fraction of sp³-hybridized carbons (Fsp3) is 0.667. The molecule has 2 aromatic heterocycles. The molecular weight excluding hydrogens is 338 g/mol. The lowest BCUT2D eigenvalue weighted by Gasteiger charge is -2.16. The molecule has 1 fully saturated rings. The van der Waals surface area contributed by atoms with Gasteiger partial charge in [-0.05, 0) is 25.7 Å². The van der Waals surface area contributed by atoms with Crippen LogP contribution in [0.3, 0.4) is 0 Å². The predicted molar refractivity (Wildman–Crippen MR) is 95.4 cm³/mol. The topological polar surface area (TPSA) is 78.0 Å². The third kappa shape index (κ3) is 3.26. The van der Waals surface area contributed by atoms with Crippen LogP contribution in [0.2, 0.25) is 0 Å². The van der Waals surface area contributed by atoms with Crippen molar-refractivity contribution in [3.8, 4) is 0 Å². The van der Waals surface area contributed by atoms with Gasteiger partial charge in [0.05, 0.1) is 6.20 Å². The average Bonchev–Trinajstić information content (AvgIpc) is 3.04. The SMILES string of the molecule is CC(C)c1cnc(S(=O)(=O)C(C)c2ncc(C(C)(C)C)o2)n1C1CC1. The Morgan fingerprint density at radius 1 is 1.16 bits per heavy atom. The molecule has 0 spiro atoms. The van der Waals surface area contributed by atoms with Crippen molar-refractivity contribution in [3.05, 3.63) is 29.7 Å². The van der Waals surface area contributed by atoms with Gasteiger partial charge in [0.15, 0.2) is 0 Å².